The molecule has 0 aliphatic rings. The highest BCUT2D eigenvalue weighted by molar-refractivity contribution is 5.67. The number of alkyl carbamates (subject to hydrolysis) is 1. The van der Waals surface area contributed by atoms with Gasteiger partial charge >= 0.3 is 6.09 Å². The molecule has 0 fully saturated rings. The molecule has 2 atom stereocenters. The number of ether oxygens (including phenoxy) is 1. The van der Waals surface area contributed by atoms with E-state index in [-0.39, 0.29) is 19.8 Å². The molecular weight excluding hydrogens is 322 g/mol. The summed E-state index contributed by atoms with van der Waals surface area (Å²) in [5.41, 5.74) is 2.76. The summed E-state index contributed by atoms with van der Waals surface area (Å²) in [5, 5.41) is 32.1. The van der Waals surface area contributed by atoms with Crippen LogP contribution in [-0.2, 0) is 18.0 Å². The molecule has 4 N–H and O–H groups in total. The van der Waals surface area contributed by atoms with Gasteiger partial charge in [0.15, 0.2) is 0 Å². The largest absolute Gasteiger partial charge is 0.445 e. The number of nitrogens with one attached hydrogen (secondary N) is 1. The number of amides is 1. The molecule has 25 heavy (non-hydrogen) atoms. The molecule has 0 spiro atoms. The van der Waals surface area contributed by atoms with Crippen LogP contribution in [0, 0.1) is 6.92 Å². The normalized spacial score (nSPS) is 13.1. The molecule has 0 aliphatic heterocycles. The highest BCUT2D eigenvalue weighted by Crippen LogP contribution is 2.23. The van der Waals surface area contributed by atoms with E-state index in [1.807, 2.05) is 30.3 Å². The van der Waals surface area contributed by atoms with Gasteiger partial charge in [-0.2, -0.15) is 0 Å². The Labute approximate surface area is 146 Å². The van der Waals surface area contributed by atoms with Crippen molar-refractivity contribution in [2.24, 2.45) is 0 Å². The van der Waals surface area contributed by atoms with E-state index in [4.69, 9.17) is 4.74 Å². The van der Waals surface area contributed by atoms with E-state index in [1.54, 1.807) is 25.1 Å². The van der Waals surface area contributed by atoms with Gasteiger partial charge in [0, 0.05) is 6.54 Å². The maximum absolute atomic E-state index is 11.7. The third kappa shape index (κ3) is 5.29. The van der Waals surface area contributed by atoms with Crippen molar-refractivity contribution in [1.82, 2.24) is 5.32 Å². The second kappa shape index (κ2) is 9.17. The molecule has 2 unspecified atom stereocenters. The predicted molar refractivity (Wildman–Crippen MR) is 92.7 cm³/mol. The molecule has 0 aromatic heterocycles. The van der Waals surface area contributed by atoms with Crippen molar-refractivity contribution >= 4 is 6.09 Å². The third-order valence-corrected chi connectivity index (χ3v) is 4.01. The number of hydrogen-bond acceptors (Lipinski definition) is 5. The lowest BCUT2D eigenvalue weighted by Gasteiger charge is -2.21. The first-order valence-corrected chi connectivity index (χ1v) is 8.03. The zero-order valence-electron chi connectivity index (χ0n) is 14.1. The van der Waals surface area contributed by atoms with Gasteiger partial charge in [0.25, 0.3) is 0 Å². The van der Waals surface area contributed by atoms with Crippen LogP contribution in [0.3, 0.4) is 0 Å². The van der Waals surface area contributed by atoms with E-state index in [1.165, 1.54) is 0 Å². The molecule has 0 saturated carbocycles. The van der Waals surface area contributed by atoms with Gasteiger partial charge in [-0.15, -0.1) is 0 Å². The minimum Gasteiger partial charge on any atom is -0.445 e. The fraction of sp³-hybridized carbons (Fsp3) is 0.316. The fourth-order valence-electron chi connectivity index (χ4n) is 2.48. The number of benzene rings is 2. The van der Waals surface area contributed by atoms with Crippen LogP contribution in [0.4, 0.5) is 4.79 Å². The van der Waals surface area contributed by atoms with Crippen molar-refractivity contribution in [3.8, 4) is 0 Å². The smallest absolute Gasteiger partial charge is 0.407 e. The van der Waals surface area contributed by atoms with Crippen LogP contribution in [-0.4, -0.2) is 34.1 Å². The molecule has 6 heteroatoms. The molecular formula is C19H23NO5. The number of hydrogen-bond donors (Lipinski definition) is 4. The van der Waals surface area contributed by atoms with Crippen LogP contribution >= 0.6 is 0 Å². The number of rotatable bonds is 7. The van der Waals surface area contributed by atoms with E-state index in [9.17, 15) is 20.1 Å². The molecule has 2 aromatic carbocycles. The van der Waals surface area contributed by atoms with Crippen molar-refractivity contribution in [2.75, 3.05) is 6.54 Å². The Morgan fingerprint density at radius 1 is 1.12 bits per heavy atom. The van der Waals surface area contributed by atoms with Crippen molar-refractivity contribution in [2.45, 2.75) is 32.3 Å². The second-order valence-electron chi connectivity index (χ2n) is 5.74. The summed E-state index contributed by atoms with van der Waals surface area (Å²) < 4.78 is 5.05. The van der Waals surface area contributed by atoms with Crippen LogP contribution in [0.2, 0.25) is 0 Å². The van der Waals surface area contributed by atoms with E-state index in [0.29, 0.717) is 16.7 Å². The second-order valence-corrected chi connectivity index (χ2v) is 5.74. The van der Waals surface area contributed by atoms with Gasteiger partial charge in [0.2, 0.25) is 0 Å². The quantitative estimate of drug-likeness (QED) is 0.613. The lowest BCUT2D eigenvalue weighted by molar-refractivity contribution is 0.0179. The van der Waals surface area contributed by atoms with Gasteiger partial charge < -0.3 is 25.4 Å². The molecule has 0 radical (unpaired) electrons. The number of aliphatic hydroxyl groups is 3. The van der Waals surface area contributed by atoms with Crippen LogP contribution in [0.15, 0.2) is 48.5 Å². The van der Waals surface area contributed by atoms with Gasteiger partial charge in [-0.3, -0.25) is 0 Å². The predicted octanol–water partition coefficient (Wildman–Crippen LogP) is 1.81. The summed E-state index contributed by atoms with van der Waals surface area (Å²) in [4.78, 5) is 11.7. The van der Waals surface area contributed by atoms with Gasteiger partial charge in [-0.25, -0.2) is 4.79 Å². The maximum Gasteiger partial charge on any atom is 0.407 e. The summed E-state index contributed by atoms with van der Waals surface area (Å²) in [7, 11) is 0. The Morgan fingerprint density at radius 2 is 1.84 bits per heavy atom. The Kier molecular flexibility index (Phi) is 6.94. The van der Waals surface area contributed by atoms with Crippen LogP contribution < -0.4 is 5.32 Å². The molecule has 0 bridgehead atoms. The fourth-order valence-corrected chi connectivity index (χ4v) is 2.48. The molecule has 1 amide bonds. The first kappa shape index (κ1) is 18.9. The van der Waals surface area contributed by atoms with Crippen molar-refractivity contribution in [3.63, 3.8) is 0 Å². The average molecular weight is 345 g/mol. The molecule has 0 heterocycles. The highest BCUT2D eigenvalue weighted by atomic mass is 16.5. The Morgan fingerprint density at radius 3 is 2.52 bits per heavy atom. The summed E-state index contributed by atoms with van der Waals surface area (Å²) in [6.07, 6.45) is -3.05. The summed E-state index contributed by atoms with van der Waals surface area (Å²) in [6.45, 7) is 1.59. The lowest BCUT2D eigenvalue weighted by atomic mass is 9.96. The summed E-state index contributed by atoms with van der Waals surface area (Å²) in [5.74, 6) is 0. The molecule has 2 rings (SSSR count). The molecule has 2 aromatic rings. The first-order valence-electron chi connectivity index (χ1n) is 8.03. The maximum atomic E-state index is 11.7. The number of aliphatic hydroxyl groups excluding tert-OH is 3. The van der Waals surface area contributed by atoms with Crippen molar-refractivity contribution < 1.29 is 24.9 Å². The van der Waals surface area contributed by atoms with Crippen LogP contribution in [0.25, 0.3) is 0 Å². The van der Waals surface area contributed by atoms with E-state index in [2.05, 4.69) is 5.32 Å². The zero-order chi connectivity index (χ0) is 18.2. The molecule has 6 nitrogen and oxygen atoms in total. The van der Waals surface area contributed by atoms with Gasteiger partial charge in [0.1, 0.15) is 18.8 Å². The van der Waals surface area contributed by atoms with Crippen LogP contribution in [0.1, 0.15) is 28.4 Å². The summed E-state index contributed by atoms with van der Waals surface area (Å²) in [6, 6.07) is 14.4. The number of carbonyl (C=O) groups is 1. The standard InChI is InChI=1S/C19H23NO5/c1-13-15(11-21)8-5-9-16(13)18(23)17(22)10-20-19(24)25-12-14-6-3-2-4-7-14/h2-9,17-18,21-23H,10-12H2,1H3,(H,20,24). The van der Waals surface area contributed by atoms with Gasteiger partial charge in [-0.05, 0) is 29.2 Å². The lowest BCUT2D eigenvalue weighted by Crippen LogP contribution is -2.36. The van der Waals surface area contributed by atoms with Crippen molar-refractivity contribution in [1.29, 1.82) is 0 Å². The SMILES string of the molecule is Cc1c(CO)cccc1C(O)C(O)CNC(=O)OCc1ccccc1. The Balaban J connectivity index is 1.85. The van der Waals surface area contributed by atoms with Crippen LogP contribution in [0.5, 0.6) is 0 Å². The molecule has 0 saturated heterocycles. The third-order valence-electron chi connectivity index (χ3n) is 4.01. The minimum absolute atomic E-state index is 0.128. The minimum atomic E-state index is -1.20. The Hall–Kier alpha value is -2.41. The van der Waals surface area contributed by atoms with E-state index < -0.39 is 18.3 Å². The average Bonchev–Trinajstić information content (AvgIpc) is 2.65. The van der Waals surface area contributed by atoms with E-state index in [0.717, 1.165) is 5.56 Å². The first-order chi connectivity index (χ1) is 12.0. The Bertz CT molecular complexity index is 689. The zero-order valence-corrected chi connectivity index (χ0v) is 14.1. The topological polar surface area (TPSA) is 99.0 Å². The van der Waals surface area contributed by atoms with Gasteiger partial charge in [-0.1, -0.05) is 48.5 Å². The molecule has 134 valence electrons. The summed E-state index contributed by atoms with van der Waals surface area (Å²) >= 11 is 0. The molecule has 0 aliphatic carbocycles. The van der Waals surface area contributed by atoms with E-state index >= 15 is 0 Å². The van der Waals surface area contributed by atoms with Crippen molar-refractivity contribution in [3.05, 3.63) is 70.8 Å². The highest BCUT2D eigenvalue weighted by Gasteiger charge is 2.21. The van der Waals surface area contributed by atoms with Gasteiger partial charge in [0.05, 0.1) is 6.61 Å². The monoisotopic (exact) mass is 345 g/mol. The number of carbonyl (C=O) groups excluding carboxylic acids is 1.